The minimum absolute atomic E-state index is 0.292. The second-order valence-electron chi connectivity index (χ2n) is 6.63. The first-order chi connectivity index (χ1) is 13.0. The maximum absolute atomic E-state index is 12.7. The van der Waals surface area contributed by atoms with Crippen LogP contribution < -0.4 is 16.8 Å². The van der Waals surface area contributed by atoms with Crippen molar-refractivity contribution in [1.82, 2.24) is 5.32 Å². The maximum atomic E-state index is 12.7. The molecule has 0 fully saturated rings. The van der Waals surface area contributed by atoms with Gasteiger partial charge >= 0.3 is 0 Å². The van der Waals surface area contributed by atoms with Crippen LogP contribution in [0.15, 0.2) is 36.4 Å². The monoisotopic (exact) mass is 363 g/mol. The molecule has 0 spiro atoms. The van der Waals surface area contributed by atoms with Crippen LogP contribution >= 0.6 is 0 Å². The van der Waals surface area contributed by atoms with Gasteiger partial charge in [-0.05, 0) is 46.2 Å². The smallest absolute Gasteiger partial charge is 0.259 e. The van der Waals surface area contributed by atoms with Crippen molar-refractivity contribution < 1.29 is 9.59 Å². The molecule has 0 aliphatic carbocycles. The van der Waals surface area contributed by atoms with Crippen LogP contribution in [0, 0.1) is 0 Å². The van der Waals surface area contributed by atoms with Gasteiger partial charge in [0.05, 0.1) is 11.1 Å². The summed E-state index contributed by atoms with van der Waals surface area (Å²) in [5, 5.41) is 2.44. The van der Waals surface area contributed by atoms with Crippen LogP contribution in [0.1, 0.15) is 47.2 Å². The standard InChI is InChI=1S/C22H25N3O2/c1-3-13-5-7-17(15(9-13)11-23)19-20(22(27)25-21(19)26)18-8-6-14(4-2)10-16(18)12-24/h5-10H,3-4,11-12,23-24H2,1-2H3,(H,25,26,27). The minimum Gasteiger partial charge on any atom is -0.326 e. The van der Waals surface area contributed by atoms with Crippen LogP contribution in [0.4, 0.5) is 0 Å². The lowest BCUT2D eigenvalue weighted by molar-refractivity contribution is -0.122. The first-order valence-corrected chi connectivity index (χ1v) is 9.28. The van der Waals surface area contributed by atoms with E-state index in [9.17, 15) is 9.59 Å². The highest BCUT2D eigenvalue weighted by Gasteiger charge is 2.34. The Balaban J connectivity index is 2.27. The zero-order valence-electron chi connectivity index (χ0n) is 15.8. The highest BCUT2D eigenvalue weighted by Crippen LogP contribution is 2.35. The fourth-order valence-electron chi connectivity index (χ4n) is 3.53. The lowest BCUT2D eigenvalue weighted by Crippen LogP contribution is -2.23. The summed E-state index contributed by atoms with van der Waals surface area (Å²) in [5.41, 5.74) is 18.0. The van der Waals surface area contributed by atoms with Gasteiger partial charge in [-0.3, -0.25) is 14.9 Å². The van der Waals surface area contributed by atoms with Crippen LogP contribution in [0.2, 0.25) is 0 Å². The van der Waals surface area contributed by atoms with Crippen LogP contribution in [0.3, 0.4) is 0 Å². The van der Waals surface area contributed by atoms with Gasteiger partial charge in [0, 0.05) is 13.1 Å². The molecule has 140 valence electrons. The van der Waals surface area contributed by atoms with Crippen LogP contribution in [0.25, 0.3) is 11.1 Å². The number of hydrogen-bond acceptors (Lipinski definition) is 4. The highest BCUT2D eigenvalue weighted by atomic mass is 16.2. The average Bonchev–Trinajstić information content (AvgIpc) is 3.00. The molecule has 0 saturated heterocycles. The highest BCUT2D eigenvalue weighted by molar-refractivity contribution is 6.49. The molecule has 1 aliphatic heterocycles. The number of carbonyl (C=O) groups excluding carboxylic acids is 2. The Kier molecular flexibility index (Phi) is 5.54. The number of rotatable bonds is 6. The van der Waals surface area contributed by atoms with E-state index in [-0.39, 0.29) is 0 Å². The molecule has 1 heterocycles. The molecular formula is C22H25N3O2. The number of imide groups is 1. The SMILES string of the molecule is CCc1ccc(C2=C(c3ccc(CC)cc3CN)C(=O)NC2=O)c(CN)c1. The Bertz CT molecular complexity index is 869. The summed E-state index contributed by atoms with van der Waals surface area (Å²) in [6.07, 6.45) is 1.75. The van der Waals surface area contributed by atoms with Gasteiger partial charge in [-0.2, -0.15) is 0 Å². The summed E-state index contributed by atoms with van der Waals surface area (Å²) in [5.74, 6) is -0.784. The van der Waals surface area contributed by atoms with E-state index >= 15 is 0 Å². The van der Waals surface area contributed by atoms with Crippen molar-refractivity contribution in [3.63, 3.8) is 0 Å². The molecule has 0 aromatic heterocycles. The van der Waals surface area contributed by atoms with Gasteiger partial charge in [-0.1, -0.05) is 50.2 Å². The largest absolute Gasteiger partial charge is 0.326 e. The predicted octanol–water partition coefficient (Wildman–Crippen LogP) is 2.30. The fraction of sp³-hybridized carbons (Fsp3) is 0.273. The first kappa shape index (κ1) is 19.0. The van der Waals surface area contributed by atoms with E-state index in [1.54, 1.807) is 0 Å². The Morgan fingerprint density at radius 3 is 1.48 bits per heavy atom. The molecule has 1 aliphatic rings. The number of aryl methyl sites for hydroxylation is 2. The Morgan fingerprint density at radius 1 is 0.741 bits per heavy atom. The van der Waals surface area contributed by atoms with E-state index in [0.717, 1.165) is 35.1 Å². The zero-order chi connectivity index (χ0) is 19.6. The van der Waals surface area contributed by atoms with E-state index in [1.165, 1.54) is 0 Å². The van der Waals surface area contributed by atoms with E-state index in [2.05, 4.69) is 19.2 Å². The first-order valence-electron chi connectivity index (χ1n) is 9.28. The van der Waals surface area contributed by atoms with Crippen LogP contribution in [-0.2, 0) is 35.5 Å². The van der Waals surface area contributed by atoms with Crippen molar-refractivity contribution in [3.05, 3.63) is 69.8 Å². The number of benzene rings is 2. The van der Waals surface area contributed by atoms with Crippen molar-refractivity contribution in [2.24, 2.45) is 11.5 Å². The van der Waals surface area contributed by atoms with Gasteiger partial charge in [-0.15, -0.1) is 0 Å². The lowest BCUT2D eigenvalue weighted by atomic mass is 9.89. The van der Waals surface area contributed by atoms with Gasteiger partial charge in [0.25, 0.3) is 11.8 Å². The molecule has 2 aromatic carbocycles. The number of nitrogens with two attached hydrogens (primary N) is 2. The number of amides is 2. The molecular weight excluding hydrogens is 338 g/mol. The van der Waals surface area contributed by atoms with Crippen LogP contribution in [0.5, 0.6) is 0 Å². The van der Waals surface area contributed by atoms with Crippen molar-refractivity contribution in [3.8, 4) is 0 Å². The molecule has 27 heavy (non-hydrogen) atoms. The Labute approximate surface area is 159 Å². The van der Waals surface area contributed by atoms with Crippen molar-refractivity contribution in [2.45, 2.75) is 39.8 Å². The number of hydrogen-bond donors (Lipinski definition) is 3. The van der Waals surface area contributed by atoms with Gasteiger partial charge < -0.3 is 11.5 Å². The molecule has 0 bridgehead atoms. The van der Waals surface area contributed by atoms with Crippen LogP contribution in [-0.4, -0.2) is 11.8 Å². The molecule has 5 N–H and O–H groups in total. The average molecular weight is 363 g/mol. The lowest BCUT2D eigenvalue weighted by Gasteiger charge is -2.14. The molecule has 5 heteroatoms. The normalized spacial score (nSPS) is 14.1. The third-order valence-electron chi connectivity index (χ3n) is 5.07. The number of nitrogens with one attached hydrogen (secondary N) is 1. The summed E-state index contributed by atoms with van der Waals surface area (Å²) in [6, 6.07) is 11.7. The second kappa shape index (κ2) is 7.86. The summed E-state index contributed by atoms with van der Waals surface area (Å²) < 4.78 is 0. The third-order valence-corrected chi connectivity index (χ3v) is 5.07. The van der Waals surface area contributed by atoms with Gasteiger partial charge in [-0.25, -0.2) is 0 Å². The summed E-state index contributed by atoms with van der Waals surface area (Å²) in [6.45, 7) is 4.71. The second-order valence-corrected chi connectivity index (χ2v) is 6.63. The minimum atomic E-state index is -0.392. The molecule has 0 atom stereocenters. The van der Waals surface area contributed by atoms with Crippen molar-refractivity contribution in [1.29, 1.82) is 0 Å². The van der Waals surface area contributed by atoms with E-state index in [1.807, 2.05) is 36.4 Å². The van der Waals surface area contributed by atoms with E-state index in [0.29, 0.717) is 35.4 Å². The maximum Gasteiger partial charge on any atom is 0.259 e. The van der Waals surface area contributed by atoms with Gasteiger partial charge in [0.2, 0.25) is 0 Å². The van der Waals surface area contributed by atoms with Crippen molar-refractivity contribution in [2.75, 3.05) is 0 Å². The van der Waals surface area contributed by atoms with Gasteiger partial charge in [0.15, 0.2) is 0 Å². The molecule has 0 radical (unpaired) electrons. The fourth-order valence-corrected chi connectivity index (χ4v) is 3.53. The third kappa shape index (κ3) is 3.44. The Morgan fingerprint density at radius 2 is 1.15 bits per heavy atom. The van der Waals surface area contributed by atoms with Crippen molar-refractivity contribution >= 4 is 23.0 Å². The predicted molar refractivity (Wildman–Crippen MR) is 107 cm³/mol. The Hall–Kier alpha value is -2.76. The molecule has 0 unspecified atom stereocenters. The van der Waals surface area contributed by atoms with Gasteiger partial charge in [0.1, 0.15) is 0 Å². The number of carbonyl (C=O) groups is 2. The summed E-state index contributed by atoms with van der Waals surface area (Å²) in [7, 11) is 0. The zero-order valence-corrected chi connectivity index (χ0v) is 15.8. The summed E-state index contributed by atoms with van der Waals surface area (Å²) in [4.78, 5) is 25.3. The summed E-state index contributed by atoms with van der Waals surface area (Å²) >= 11 is 0. The quantitative estimate of drug-likeness (QED) is 0.686. The van der Waals surface area contributed by atoms with E-state index < -0.39 is 11.8 Å². The van der Waals surface area contributed by atoms with E-state index in [4.69, 9.17) is 11.5 Å². The molecule has 5 nitrogen and oxygen atoms in total. The molecule has 0 saturated carbocycles. The molecule has 3 rings (SSSR count). The molecule has 2 amide bonds. The topological polar surface area (TPSA) is 98.2 Å². The molecule has 2 aromatic rings.